The van der Waals surface area contributed by atoms with E-state index in [4.69, 9.17) is 5.73 Å². The van der Waals surface area contributed by atoms with Gasteiger partial charge in [-0.3, -0.25) is 0 Å². The predicted molar refractivity (Wildman–Crippen MR) is 79.3 cm³/mol. The van der Waals surface area contributed by atoms with Crippen LogP contribution in [0.5, 0.6) is 0 Å². The molecule has 2 heterocycles. The summed E-state index contributed by atoms with van der Waals surface area (Å²) in [5.41, 5.74) is 7.07. The summed E-state index contributed by atoms with van der Waals surface area (Å²) in [5.74, 6) is 2.30. The van der Waals surface area contributed by atoms with Gasteiger partial charge in [0.15, 0.2) is 0 Å². The molecule has 0 radical (unpaired) electrons. The van der Waals surface area contributed by atoms with Crippen molar-refractivity contribution in [3.63, 3.8) is 0 Å². The molecular formula is C15H26N4. The molecule has 0 aliphatic carbocycles. The Kier molecular flexibility index (Phi) is 4.75. The summed E-state index contributed by atoms with van der Waals surface area (Å²) in [6.45, 7) is 8.37. The van der Waals surface area contributed by atoms with E-state index >= 15 is 0 Å². The maximum atomic E-state index is 5.96. The highest BCUT2D eigenvalue weighted by molar-refractivity contribution is 5.41. The molecule has 1 aromatic rings. The molecule has 1 aromatic heterocycles. The smallest absolute Gasteiger partial charge is 0.132 e. The van der Waals surface area contributed by atoms with E-state index in [9.17, 15) is 0 Å². The van der Waals surface area contributed by atoms with Crippen LogP contribution < -0.4 is 10.6 Å². The highest BCUT2D eigenvalue weighted by atomic mass is 15.2. The number of hydrogen-bond acceptors (Lipinski definition) is 4. The number of rotatable bonds is 4. The maximum Gasteiger partial charge on any atom is 0.132 e. The van der Waals surface area contributed by atoms with Gasteiger partial charge in [0, 0.05) is 30.9 Å². The van der Waals surface area contributed by atoms with Crippen molar-refractivity contribution in [3.8, 4) is 0 Å². The van der Waals surface area contributed by atoms with Crippen molar-refractivity contribution in [2.45, 2.75) is 52.0 Å². The third kappa shape index (κ3) is 3.24. The molecular weight excluding hydrogens is 236 g/mol. The van der Waals surface area contributed by atoms with Gasteiger partial charge in [-0.25, -0.2) is 9.97 Å². The summed E-state index contributed by atoms with van der Waals surface area (Å²) >= 11 is 0. The van der Waals surface area contributed by atoms with Gasteiger partial charge in [0.05, 0.1) is 0 Å². The second-order valence-corrected chi connectivity index (χ2v) is 5.84. The van der Waals surface area contributed by atoms with Crippen LogP contribution in [0.3, 0.4) is 0 Å². The molecule has 0 saturated carbocycles. The second-order valence-electron chi connectivity index (χ2n) is 5.84. The van der Waals surface area contributed by atoms with Crippen LogP contribution in [-0.2, 0) is 0 Å². The summed E-state index contributed by atoms with van der Waals surface area (Å²) in [5, 5.41) is 0. The average molecular weight is 262 g/mol. The van der Waals surface area contributed by atoms with Crippen molar-refractivity contribution < 1.29 is 0 Å². The Labute approximate surface area is 116 Å². The number of anilines is 1. The quantitative estimate of drug-likeness (QED) is 0.906. The average Bonchev–Trinajstić information content (AvgIpc) is 2.46. The fourth-order valence-corrected chi connectivity index (χ4v) is 2.86. The highest BCUT2D eigenvalue weighted by Crippen LogP contribution is 2.29. The molecule has 4 heteroatoms. The van der Waals surface area contributed by atoms with Crippen LogP contribution in [0, 0.1) is 5.92 Å². The maximum absolute atomic E-state index is 5.96. The molecule has 0 spiro atoms. The predicted octanol–water partition coefficient (Wildman–Crippen LogP) is 2.55. The molecule has 19 heavy (non-hydrogen) atoms. The number of nitrogens with two attached hydrogens (primary N) is 1. The third-order valence-electron chi connectivity index (χ3n) is 4.23. The van der Waals surface area contributed by atoms with Crippen LogP contribution in [0.15, 0.2) is 12.4 Å². The van der Waals surface area contributed by atoms with Crippen molar-refractivity contribution in [2.75, 3.05) is 18.0 Å². The molecule has 1 fully saturated rings. The minimum absolute atomic E-state index is 0.425. The molecule has 1 aliphatic heterocycles. The zero-order chi connectivity index (χ0) is 13.8. The Morgan fingerprint density at radius 2 is 2.21 bits per heavy atom. The Bertz CT molecular complexity index is 405. The van der Waals surface area contributed by atoms with Crippen LogP contribution in [0.2, 0.25) is 0 Å². The molecule has 0 bridgehead atoms. The van der Waals surface area contributed by atoms with Gasteiger partial charge >= 0.3 is 0 Å². The SMILES string of the molecule is CCC1CCN(c2cc(C(C)C)ncn2)C(CN)C1. The van der Waals surface area contributed by atoms with Crippen molar-refractivity contribution in [1.29, 1.82) is 0 Å². The lowest BCUT2D eigenvalue weighted by molar-refractivity contribution is 0.334. The lowest BCUT2D eigenvalue weighted by atomic mass is 9.89. The Morgan fingerprint density at radius 1 is 1.42 bits per heavy atom. The van der Waals surface area contributed by atoms with Gasteiger partial charge in [0.2, 0.25) is 0 Å². The molecule has 0 aromatic carbocycles. The lowest BCUT2D eigenvalue weighted by Gasteiger charge is -2.39. The van der Waals surface area contributed by atoms with E-state index in [1.165, 1.54) is 19.3 Å². The number of hydrogen-bond donors (Lipinski definition) is 1. The van der Waals surface area contributed by atoms with Crippen molar-refractivity contribution in [2.24, 2.45) is 11.7 Å². The lowest BCUT2D eigenvalue weighted by Crippen LogP contribution is -2.47. The molecule has 1 saturated heterocycles. The first kappa shape index (κ1) is 14.3. The van der Waals surface area contributed by atoms with Gasteiger partial charge in [0.25, 0.3) is 0 Å². The fourth-order valence-electron chi connectivity index (χ4n) is 2.86. The molecule has 2 unspecified atom stereocenters. The van der Waals surface area contributed by atoms with E-state index in [1.807, 2.05) is 0 Å². The van der Waals surface area contributed by atoms with Crippen LogP contribution in [-0.4, -0.2) is 29.1 Å². The monoisotopic (exact) mass is 262 g/mol. The Hall–Kier alpha value is -1.16. The zero-order valence-corrected chi connectivity index (χ0v) is 12.3. The van der Waals surface area contributed by atoms with E-state index < -0.39 is 0 Å². The van der Waals surface area contributed by atoms with E-state index in [0.29, 0.717) is 18.5 Å². The number of aromatic nitrogens is 2. The number of nitrogens with zero attached hydrogens (tertiary/aromatic N) is 3. The second kappa shape index (κ2) is 6.33. The van der Waals surface area contributed by atoms with Crippen molar-refractivity contribution in [1.82, 2.24) is 9.97 Å². The van der Waals surface area contributed by atoms with Crippen molar-refractivity contribution in [3.05, 3.63) is 18.1 Å². The minimum atomic E-state index is 0.425. The van der Waals surface area contributed by atoms with E-state index in [-0.39, 0.29) is 0 Å². The molecule has 4 nitrogen and oxygen atoms in total. The number of piperidine rings is 1. The third-order valence-corrected chi connectivity index (χ3v) is 4.23. The van der Waals surface area contributed by atoms with Crippen LogP contribution in [0.1, 0.15) is 51.6 Å². The van der Waals surface area contributed by atoms with Crippen LogP contribution in [0.4, 0.5) is 5.82 Å². The Balaban J connectivity index is 2.18. The Morgan fingerprint density at radius 3 is 2.84 bits per heavy atom. The molecule has 2 N–H and O–H groups in total. The molecule has 2 rings (SSSR count). The topological polar surface area (TPSA) is 55.0 Å². The van der Waals surface area contributed by atoms with E-state index in [1.54, 1.807) is 6.33 Å². The minimum Gasteiger partial charge on any atom is -0.352 e. The molecule has 106 valence electrons. The zero-order valence-electron chi connectivity index (χ0n) is 12.3. The van der Waals surface area contributed by atoms with Gasteiger partial charge in [-0.1, -0.05) is 27.2 Å². The molecule has 0 amide bonds. The van der Waals surface area contributed by atoms with Crippen LogP contribution >= 0.6 is 0 Å². The fraction of sp³-hybridized carbons (Fsp3) is 0.733. The summed E-state index contributed by atoms with van der Waals surface area (Å²) in [6, 6.07) is 2.55. The molecule has 1 aliphatic rings. The summed E-state index contributed by atoms with van der Waals surface area (Å²) in [6.07, 6.45) is 5.37. The first-order chi connectivity index (χ1) is 9.15. The first-order valence-corrected chi connectivity index (χ1v) is 7.44. The van der Waals surface area contributed by atoms with Gasteiger partial charge in [-0.15, -0.1) is 0 Å². The summed E-state index contributed by atoms with van der Waals surface area (Å²) in [7, 11) is 0. The normalized spacial score (nSPS) is 23.9. The largest absolute Gasteiger partial charge is 0.352 e. The van der Waals surface area contributed by atoms with E-state index in [0.717, 1.165) is 24.0 Å². The van der Waals surface area contributed by atoms with Gasteiger partial charge in [-0.05, 0) is 24.7 Å². The summed E-state index contributed by atoms with van der Waals surface area (Å²) < 4.78 is 0. The molecule has 2 atom stereocenters. The van der Waals surface area contributed by atoms with E-state index in [2.05, 4.69) is 41.7 Å². The van der Waals surface area contributed by atoms with Gasteiger partial charge in [-0.2, -0.15) is 0 Å². The van der Waals surface area contributed by atoms with Crippen LogP contribution in [0.25, 0.3) is 0 Å². The first-order valence-electron chi connectivity index (χ1n) is 7.44. The summed E-state index contributed by atoms with van der Waals surface area (Å²) in [4.78, 5) is 11.2. The standard InChI is InChI=1S/C15H26N4/c1-4-12-5-6-19(13(7-12)9-16)15-8-14(11(2)3)17-10-18-15/h8,10-13H,4-7,9,16H2,1-3H3. The van der Waals surface area contributed by atoms with Gasteiger partial charge in [0.1, 0.15) is 12.1 Å². The van der Waals surface area contributed by atoms with Crippen molar-refractivity contribution >= 4 is 5.82 Å². The van der Waals surface area contributed by atoms with Gasteiger partial charge < -0.3 is 10.6 Å². The highest BCUT2D eigenvalue weighted by Gasteiger charge is 2.27.